The Bertz CT molecular complexity index is 313. The lowest BCUT2D eigenvalue weighted by molar-refractivity contribution is -0.121. The summed E-state index contributed by atoms with van der Waals surface area (Å²) < 4.78 is 0. The molecular formula is C22H44N2O. The van der Waals surface area contributed by atoms with Gasteiger partial charge in [0.05, 0.1) is 0 Å². The normalized spacial score (nSPS) is 11.5. The van der Waals surface area contributed by atoms with E-state index in [0.717, 1.165) is 18.8 Å². The van der Waals surface area contributed by atoms with Gasteiger partial charge in [-0.1, -0.05) is 77.4 Å². The highest BCUT2D eigenvalue weighted by Gasteiger charge is 1.99. The van der Waals surface area contributed by atoms with E-state index in [1.165, 1.54) is 70.6 Å². The molecule has 0 saturated heterocycles. The molecule has 0 aliphatic heterocycles. The zero-order valence-corrected chi connectivity index (χ0v) is 17.0. The van der Waals surface area contributed by atoms with Crippen LogP contribution in [0.3, 0.4) is 0 Å². The summed E-state index contributed by atoms with van der Waals surface area (Å²) in [5.74, 6) is 1.01. The second-order valence-corrected chi connectivity index (χ2v) is 7.66. The van der Waals surface area contributed by atoms with Crippen molar-refractivity contribution < 1.29 is 4.79 Å². The van der Waals surface area contributed by atoms with Crippen molar-refractivity contribution in [3.8, 4) is 0 Å². The first-order chi connectivity index (χ1) is 12.2. The first kappa shape index (κ1) is 24.2. The molecule has 0 aliphatic carbocycles. The van der Waals surface area contributed by atoms with Gasteiger partial charge in [0.2, 0.25) is 5.91 Å². The summed E-state index contributed by atoms with van der Waals surface area (Å²) in [5.41, 5.74) is 5.35. The van der Waals surface area contributed by atoms with E-state index in [1.54, 1.807) is 0 Å². The molecule has 0 unspecified atom stereocenters. The topological polar surface area (TPSA) is 55.1 Å². The van der Waals surface area contributed by atoms with Crippen molar-refractivity contribution in [2.24, 2.45) is 11.7 Å². The van der Waals surface area contributed by atoms with E-state index < -0.39 is 0 Å². The molecule has 0 heterocycles. The number of unbranched alkanes of at least 4 members (excludes halogenated alkanes) is 10. The van der Waals surface area contributed by atoms with Gasteiger partial charge >= 0.3 is 0 Å². The minimum Gasteiger partial charge on any atom is -0.355 e. The van der Waals surface area contributed by atoms with Gasteiger partial charge in [0.15, 0.2) is 0 Å². The third-order valence-corrected chi connectivity index (χ3v) is 4.56. The van der Waals surface area contributed by atoms with E-state index in [-0.39, 0.29) is 5.91 Å². The van der Waals surface area contributed by atoms with Crippen LogP contribution in [0.2, 0.25) is 0 Å². The Morgan fingerprint density at radius 3 is 1.92 bits per heavy atom. The summed E-state index contributed by atoms with van der Waals surface area (Å²) in [6.45, 7) is 5.75. The average Bonchev–Trinajstić information content (AvgIpc) is 2.59. The predicted molar refractivity (Wildman–Crippen MR) is 111 cm³/mol. The fourth-order valence-electron chi connectivity index (χ4n) is 2.96. The van der Waals surface area contributed by atoms with Crippen molar-refractivity contribution in [3.63, 3.8) is 0 Å². The Morgan fingerprint density at radius 2 is 1.36 bits per heavy atom. The maximum Gasteiger partial charge on any atom is 0.220 e. The molecule has 0 saturated carbocycles. The maximum atomic E-state index is 11.4. The van der Waals surface area contributed by atoms with Gasteiger partial charge in [-0.05, 0) is 38.0 Å². The molecular weight excluding hydrogens is 308 g/mol. The Labute approximate surface area is 157 Å². The number of amides is 1. The molecule has 0 aromatic carbocycles. The highest BCUT2D eigenvalue weighted by Crippen LogP contribution is 2.12. The SMILES string of the molecule is CC(C)CCCCCCC/C=C\CCCCCCCC(=O)NCCN. The third kappa shape index (κ3) is 21.1. The molecule has 0 radical (unpaired) electrons. The zero-order chi connectivity index (χ0) is 18.6. The Morgan fingerprint density at radius 1 is 0.840 bits per heavy atom. The zero-order valence-electron chi connectivity index (χ0n) is 17.0. The molecule has 3 heteroatoms. The molecule has 0 rings (SSSR count). The number of nitrogens with two attached hydrogens (primary N) is 1. The Kier molecular flexibility index (Phi) is 18.8. The van der Waals surface area contributed by atoms with Crippen molar-refractivity contribution >= 4 is 5.91 Å². The van der Waals surface area contributed by atoms with Gasteiger partial charge in [-0.2, -0.15) is 0 Å². The number of allylic oxidation sites excluding steroid dienone is 2. The second kappa shape index (κ2) is 19.5. The van der Waals surface area contributed by atoms with Crippen molar-refractivity contribution in [1.82, 2.24) is 5.32 Å². The lowest BCUT2D eigenvalue weighted by atomic mass is 10.0. The molecule has 25 heavy (non-hydrogen) atoms. The molecule has 0 spiro atoms. The van der Waals surface area contributed by atoms with Crippen LogP contribution in [0.4, 0.5) is 0 Å². The number of nitrogens with one attached hydrogen (secondary N) is 1. The van der Waals surface area contributed by atoms with Crippen LogP contribution in [-0.4, -0.2) is 19.0 Å². The summed E-state index contributed by atoms with van der Waals surface area (Å²) in [4.78, 5) is 11.4. The molecule has 3 nitrogen and oxygen atoms in total. The van der Waals surface area contributed by atoms with Crippen LogP contribution in [0.25, 0.3) is 0 Å². The van der Waals surface area contributed by atoms with Gasteiger partial charge in [0, 0.05) is 19.5 Å². The molecule has 0 aromatic rings. The average molecular weight is 353 g/mol. The number of carbonyl (C=O) groups excluding carboxylic acids is 1. The fourth-order valence-corrected chi connectivity index (χ4v) is 2.96. The number of hydrogen-bond donors (Lipinski definition) is 2. The number of hydrogen-bond acceptors (Lipinski definition) is 2. The van der Waals surface area contributed by atoms with E-state index in [0.29, 0.717) is 19.5 Å². The van der Waals surface area contributed by atoms with Crippen LogP contribution in [0.5, 0.6) is 0 Å². The molecule has 1 amide bonds. The van der Waals surface area contributed by atoms with Gasteiger partial charge in [0.25, 0.3) is 0 Å². The van der Waals surface area contributed by atoms with Crippen LogP contribution >= 0.6 is 0 Å². The largest absolute Gasteiger partial charge is 0.355 e. The van der Waals surface area contributed by atoms with Gasteiger partial charge in [0.1, 0.15) is 0 Å². The summed E-state index contributed by atoms with van der Waals surface area (Å²) in [7, 11) is 0. The lowest BCUT2D eigenvalue weighted by Gasteiger charge is -2.03. The minimum absolute atomic E-state index is 0.147. The lowest BCUT2D eigenvalue weighted by Crippen LogP contribution is -2.28. The Balaban J connectivity index is 3.17. The first-order valence-corrected chi connectivity index (χ1v) is 10.8. The molecule has 0 bridgehead atoms. The van der Waals surface area contributed by atoms with E-state index in [2.05, 4.69) is 31.3 Å². The van der Waals surface area contributed by atoms with Crippen LogP contribution in [-0.2, 0) is 4.79 Å². The second-order valence-electron chi connectivity index (χ2n) is 7.66. The third-order valence-electron chi connectivity index (χ3n) is 4.56. The highest BCUT2D eigenvalue weighted by molar-refractivity contribution is 5.75. The highest BCUT2D eigenvalue weighted by atomic mass is 16.1. The smallest absolute Gasteiger partial charge is 0.220 e. The first-order valence-electron chi connectivity index (χ1n) is 10.8. The minimum atomic E-state index is 0.147. The van der Waals surface area contributed by atoms with E-state index in [4.69, 9.17) is 5.73 Å². The van der Waals surface area contributed by atoms with Gasteiger partial charge < -0.3 is 11.1 Å². The van der Waals surface area contributed by atoms with Crippen molar-refractivity contribution in [2.75, 3.05) is 13.1 Å². The van der Waals surface area contributed by atoms with E-state index in [9.17, 15) is 4.79 Å². The standard InChI is InChI=1S/C22H44N2O/c1-21(2)17-15-13-11-9-7-5-3-4-6-8-10-12-14-16-18-22(25)24-20-19-23/h3-4,21H,5-20,23H2,1-2H3,(H,24,25)/b4-3-. The summed E-state index contributed by atoms with van der Waals surface area (Å²) in [6, 6.07) is 0. The molecule has 0 atom stereocenters. The molecule has 0 aliphatic rings. The molecule has 148 valence electrons. The molecule has 3 N–H and O–H groups in total. The van der Waals surface area contributed by atoms with Gasteiger partial charge in [-0.25, -0.2) is 0 Å². The van der Waals surface area contributed by atoms with Crippen molar-refractivity contribution in [2.45, 2.75) is 104 Å². The number of rotatable bonds is 18. The van der Waals surface area contributed by atoms with Crippen LogP contribution < -0.4 is 11.1 Å². The molecule has 0 fully saturated rings. The summed E-state index contributed by atoms with van der Waals surface area (Å²) >= 11 is 0. The van der Waals surface area contributed by atoms with E-state index >= 15 is 0 Å². The van der Waals surface area contributed by atoms with Gasteiger partial charge in [-0.15, -0.1) is 0 Å². The summed E-state index contributed by atoms with van der Waals surface area (Å²) in [6.07, 6.45) is 22.2. The molecule has 0 aromatic heterocycles. The van der Waals surface area contributed by atoms with Crippen LogP contribution in [0, 0.1) is 5.92 Å². The van der Waals surface area contributed by atoms with Gasteiger partial charge in [-0.3, -0.25) is 4.79 Å². The quantitative estimate of drug-likeness (QED) is 0.244. The number of carbonyl (C=O) groups is 1. The summed E-state index contributed by atoms with van der Waals surface area (Å²) in [5, 5.41) is 2.81. The van der Waals surface area contributed by atoms with Crippen molar-refractivity contribution in [3.05, 3.63) is 12.2 Å². The van der Waals surface area contributed by atoms with Crippen molar-refractivity contribution in [1.29, 1.82) is 0 Å². The Hall–Kier alpha value is -0.830. The van der Waals surface area contributed by atoms with Crippen LogP contribution in [0.15, 0.2) is 12.2 Å². The fraction of sp³-hybridized carbons (Fsp3) is 0.864. The van der Waals surface area contributed by atoms with Crippen LogP contribution in [0.1, 0.15) is 104 Å². The monoisotopic (exact) mass is 352 g/mol. The maximum absolute atomic E-state index is 11.4. The van der Waals surface area contributed by atoms with E-state index in [1.807, 2.05) is 0 Å². The predicted octanol–water partition coefficient (Wildman–Crippen LogP) is 5.73.